The van der Waals surface area contributed by atoms with Gasteiger partial charge in [0.2, 0.25) is 5.75 Å². The van der Waals surface area contributed by atoms with Crippen LogP contribution >= 0.6 is 0 Å². The van der Waals surface area contributed by atoms with Gasteiger partial charge in [-0.3, -0.25) is 9.89 Å². The number of methoxy groups -OCH3 is 3. The number of nitrogens with one attached hydrogen (secondary N) is 1. The molecule has 7 nitrogen and oxygen atoms in total. The summed E-state index contributed by atoms with van der Waals surface area (Å²) in [4.78, 5) is 9.49. The predicted molar refractivity (Wildman–Crippen MR) is 109 cm³/mol. The Labute approximate surface area is 163 Å². The number of benzene rings is 1. The molecule has 0 unspecified atom stereocenters. The van der Waals surface area contributed by atoms with Crippen LogP contribution in [-0.4, -0.2) is 76.4 Å². The molecular formula is C20H34N4O3. The van der Waals surface area contributed by atoms with Gasteiger partial charge in [-0.2, -0.15) is 0 Å². The highest BCUT2D eigenvalue weighted by Crippen LogP contribution is 2.38. The lowest BCUT2D eigenvalue weighted by Crippen LogP contribution is -2.52. The van der Waals surface area contributed by atoms with Crippen LogP contribution in [0.5, 0.6) is 17.2 Å². The third-order valence-electron chi connectivity index (χ3n) is 4.62. The van der Waals surface area contributed by atoms with Crippen LogP contribution in [0.25, 0.3) is 0 Å². The summed E-state index contributed by atoms with van der Waals surface area (Å²) in [6.07, 6.45) is 1.07. The zero-order valence-corrected chi connectivity index (χ0v) is 17.4. The molecule has 0 saturated carbocycles. The van der Waals surface area contributed by atoms with Gasteiger partial charge < -0.3 is 24.4 Å². The molecule has 152 valence electrons. The van der Waals surface area contributed by atoms with Crippen molar-refractivity contribution in [3.63, 3.8) is 0 Å². The molecule has 0 radical (unpaired) electrons. The Morgan fingerprint density at radius 3 is 2.11 bits per heavy atom. The number of nitrogens with zero attached hydrogens (tertiary/aromatic N) is 3. The SMILES string of the molecule is CCCN=C(NCC)N1CCN(Cc2cc(OC)c(OC)c(OC)c2)CC1. The van der Waals surface area contributed by atoms with Gasteiger partial charge in [-0.25, -0.2) is 0 Å². The maximum Gasteiger partial charge on any atom is 0.203 e. The summed E-state index contributed by atoms with van der Waals surface area (Å²) >= 11 is 0. The molecule has 1 fully saturated rings. The van der Waals surface area contributed by atoms with Crippen molar-refractivity contribution in [2.45, 2.75) is 26.8 Å². The summed E-state index contributed by atoms with van der Waals surface area (Å²) in [5, 5.41) is 3.40. The van der Waals surface area contributed by atoms with Crippen LogP contribution < -0.4 is 19.5 Å². The van der Waals surface area contributed by atoms with Gasteiger partial charge in [-0.15, -0.1) is 0 Å². The summed E-state index contributed by atoms with van der Waals surface area (Å²) in [5.41, 5.74) is 1.16. The Hall–Kier alpha value is -2.15. The van der Waals surface area contributed by atoms with Crippen molar-refractivity contribution >= 4 is 5.96 Å². The standard InChI is InChI=1S/C20H34N4O3/c1-6-8-22-20(21-7-2)24-11-9-23(10-12-24)15-16-13-17(25-3)19(27-5)18(14-16)26-4/h13-14H,6-12,15H2,1-5H3,(H,21,22). The van der Waals surface area contributed by atoms with Crippen LogP contribution in [0.3, 0.4) is 0 Å². The van der Waals surface area contributed by atoms with Crippen LogP contribution in [0.4, 0.5) is 0 Å². The van der Waals surface area contributed by atoms with E-state index in [2.05, 4.69) is 29.0 Å². The van der Waals surface area contributed by atoms with Crippen LogP contribution in [-0.2, 0) is 6.54 Å². The molecule has 0 bridgehead atoms. The van der Waals surface area contributed by atoms with Gasteiger partial charge in [0.1, 0.15) is 0 Å². The Morgan fingerprint density at radius 2 is 1.63 bits per heavy atom. The van der Waals surface area contributed by atoms with Gasteiger partial charge in [-0.1, -0.05) is 6.92 Å². The quantitative estimate of drug-likeness (QED) is 0.553. The van der Waals surface area contributed by atoms with E-state index in [1.165, 1.54) is 0 Å². The highest BCUT2D eigenvalue weighted by Gasteiger charge is 2.21. The minimum absolute atomic E-state index is 0.635. The molecule has 0 atom stereocenters. The average Bonchev–Trinajstić information content (AvgIpc) is 2.71. The Balaban J connectivity index is 2.01. The molecule has 1 saturated heterocycles. The van der Waals surface area contributed by atoms with E-state index >= 15 is 0 Å². The summed E-state index contributed by atoms with van der Waals surface area (Å²) < 4.78 is 16.3. The van der Waals surface area contributed by atoms with Crippen molar-refractivity contribution in [1.82, 2.24) is 15.1 Å². The fourth-order valence-corrected chi connectivity index (χ4v) is 3.25. The number of piperazine rings is 1. The summed E-state index contributed by atoms with van der Waals surface area (Å²) in [7, 11) is 4.93. The van der Waals surface area contributed by atoms with Gasteiger partial charge >= 0.3 is 0 Å². The number of rotatable bonds is 8. The number of hydrogen-bond donors (Lipinski definition) is 1. The van der Waals surface area contributed by atoms with E-state index in [4.69, 9.17) is 19.2 Å². The number of hydrogen-bond acceptors (Lipinski definition) is 5. The van der Waals surface area contributed by atoms with Gasteiger partial charge in [-0.05, 0) is 31.0 Å². The molecule has 1 aromatic carbocycles. The Bertz CT molecular complexity index is 588. The second-order valence-corrected chi connectivity index (χ2v) is 6.53. The molecule has 0 spiro atoms. The summed E-state index contributed by atoms with van der Waals surface area (Å²) in [6, 6.07) is 4.06. The fraction of sp³-hybridized carbons (Fsp3) is 0.650. The van der Waals surface area contributed by atoms with Gasteiger partial charge in [0.25, 0.3) is 0 Å². The van der Waals surface area contributed by atoms with E-state index in [0.717, 1.165) is 63.8 Å². The maximum absolute atomic E-state index is 5.47. The molecule has 27 heavy (non-hydrogen) atoms. The smallest absolute Gasteiger partial charge is 0.203 e. The summed E-state index contributed by atoms with van der Waals surface area (Å²) in [5.74, 6) is 3.07. The van der Waals surface area contributed by atoms with E-state index in [1.54, 1.807) is 21.3 Å². The highest BCUT2D eigenvalue weighted by atomic mass is 16.5. The largest absolute Gasteiger partial charge is 0.493 e. The van der Waals surface area contributed by atoms with Crippen molar-refractivity contribution in [1.29, 1.82) is 0 Å². The van der Waals surface area contributed by atoms with Crippen LogP contribution in [0, 0.1) is 0 Å². The lowest BCUT2D eigenvalue weighted by atomic mass is 10.1. The van der Waals surface area contributed by atoms with Gasteiger partial charge in [0.05, 0.1) is 21.3 Å². The van der Waals surface area contributed by atoms with Crippen molar-refractivity contribution in [3.8, 4) is 17.2 Å². The van der Waals surface area contributed by atoms with E-state index in [9.17, 15) is 0 Å². The Kier molecular flexibility index (Phi) is 8.51. The lowest BCUT2D eigenvalue weighted by molar-refractivity contribution is 0.172. The topological polar surface area (TPSA) is 58.6 Å². The van der Waals surface area contributed by atoms with Crippen molar-refractivity contribution in [2.24, 2.45) is 4.99 Å². The molecular weight excluding hydrogens is 344 g/mol. The molecule has 0 aromatic heterocycles. The molecule has 1 aromatic rings. The van der Waals surface area contributed by atoms with Gasteiger partial charge in [0.15, 0.2) is 17.5 Å². The van der Waals surface area contributed by atoms with Crippen LogP contribution in [0.15, 0.2) is 17.1 Å². The van der Waals surface area contributed by atoms with E-state index < -0.39 is 0 Å². The second-order valence-electron chi connectivity index (χ2n) is 6.53. The van der Waals surface area contributed by atoms with Crippen molar-refractivity contribution < 1.29 is 14.2 Å². The van der Waals surface area contributed by atoms with Crippen molar-refractivity contribution in [3.05, 3.63) is 17.7 Å². The maximum atomic E-state index is 5.47. The second kappa shape index (κ2) is 10.9. The minimum atomic E-state index is 0.635. The molecule has 7 heteroatoms. The third-order valence-corrected chi connectivity index (χ3v) is 4.62. The fourth-order valence-electron chi connectivity index (χ4n) is 3.25. The first kappa shape index (κ1) is 21.2. The lowest BCUT2D eigenvalue weighted by Gasteiger charge is -2.36. The predicted octanol–water partition coefficient (Wildman–Crippen LogP) is 2.21. The van der Waals surface area contributed by atoms with Crippen LogP contribution in [0.1, 0.15) is 25.8 Å². The molecule has 2 rings (SSSR count). The third kappa shape index (κ3) is 5.66. The van der Waals surface area contributed by atoms with Crippen molar-refractivity contribution in [2.75, 3.05) is 60.6 Å². The zero-order chi connectivity index (χ0) is 19.6. The van der Waals surface area contributed by atoms with Gasteiger partial charge in [0, 0.05) is 45.8 Å². The number of guanidine groups is 1. The normalized spacial score (nSPS) is 15.6. The molecule has 0 aliphatic carbocycles. The molecule has 1 aliphatic heterocycles. The zero-order valence-electron chi connectivity index (χ0n) is 17.4. The van der Waals surface area contributed by atoms with Crippen LogP contribution in [0.2, 0.25) is 0 Å². The first-order chi connectivity index (χ1) is 13.2. The number of aliphatic imine (C=N–C) groups is 1. The molecule has 1 aliphatic rings. The Morgan fingerprint density at radius 1 is 1.00 bits per heavy atom. The van der Waals surface area contributed by atoms with E-state index in [1.807, 2.05) is 12.1 Å². The molecule has 1 heterocycles. The van der Waals surface area contributed by atoms with E-state index in [-0.39, 0.29) is 0 Å². The number of ether oxygens (including phenoxy) is 3. The average molecular weight is 379 g/mol. The molecule has 0 amide bonds. The minimum Gasteiger partial charge on any atom is -0.493 e. The highest BCUT2D eigenvalue weighted by molar-refractivity contribution is 5.80. The first-order valence-electron chi connectivity index (χ1n) is 9.71. The summed E-state index contributed by atoms with van der Waals surface area (Å²) in [6.45, 7) is 10.8. The monoisotopic (exact) mass is 378 g/mol. The molecule has 1 N–H and O–H groups in total. The first-order valence-corrected chi connectivity index (χ1v) is 9.71. The van der Waals surface area contributed by atoms with E-state index in [0.29, 0.717) is 17.2 Å².